The lowest BCUT2D eigenvalue weighted by Crippen LogP contribution is -2.55. The van der Waals surface area contributed by atoms with E-state index in [1.54, 1.807) is 0 Å². The van der Waals surface area contributed by atoms with Crippen LogP contribution in [0.5, 0.6) is 0 Å². The molecule has 0 aromatic heterocycles. The molecule has 0 bridgehead atoms. The van der Waals surface area contributed by atoms with Crippen molar-refractivity contribution in [3.63, 3.8) is 0 Å². The van der Waals surface area contributed by atoms with Crippen molar-refractivity contribution in [2.75, 3.05) is 32.8 Å². The van der Waals surface area contributed by atoms with Crippen molar-refractivity contribution in [1.29, 1.82) is 0 Å². The molecule has 8 heteroatoms. The molecule has 0 radical (unpaired) electrons. The van der Waals surface area contributed by atoms with Crippen LogP contribution in [0.1, 0.15) is 27.2 Å². The van der Waals surface area contributed by atoms with Crippen molar-refractivity contribution >= 4 is 9.05 Å². The van der Waals surface area contributed by atoms with Crippen LogP contribution in [0.4, 0.5) is 0 Å². The first-order valence-corrected chi connectivity index (χ1v) is 8.40. The molecule has 0 fully saturated rings. The number of hydrogen-bond acceptors (Lipinski definition) is 7. The van der Waals surface area contributed by atoms with Gasteiger partial charge in [0.05, 0.1) is 18.8 Å². The van der Waals surface area contributed by atoms with E-state index >= 15 is 0 Å². The third-order valence-corrected chi connectivity index (χ3v) is 4.73. The summed E-state index contributed by atoms with van der Waals surface area (Å²) in [5.41, 5.74) is 16.6. The Kier molecular flexibility index (Phi) is 10.7. The molecule has 0 aromatic carbocycles. The van der Waals surface area contributed by atoms with Gasteiger partial charge in [-0.1, -0.05) is 6.92 Å². The van der Waals surface area contributed by atoms with E-state index in [4.69, 9.17) is 34.9 Å². The first-order chi connectivity index (χ1) is 9.03. The maximum atomic E-state index is 5.80. The average Bonchev–Trinajstić information content (AvgIpc) is 2.42. The SMILES string of the molecule is CCCO[Si](OCCN)(OC(C)CN)OC(C)CN. The van der Waals surface area contributed by atoms with E-state index in [0.717, 1.165) is 6.42 Å². The Morgan fingerprint density at radius 3 is 1.74 bits per heavy atom. The number of nitrogens with two attached hydrogens (primary N) is 3. The summed E-state index contributed by atoms with van der Waals surface area (Å²) in [6.45, 7) is 7.58. The average molecular weight is 295 g/mol. The Morgan fingerprint density at radius 2 is 1.37 bits per heavy atom. The topological polar surface area (TPSA) is 115 Å². The molecule has 0 rings (SSSR count). The van der Waals surface area contributed by atoms with Gasteiger partial charge in [0, 0.05) is 26.2 Å². The highest BCUT2D eigenvalue weighted by atomic mass is 28.4. The quantitative estimate of drug-likeness (QED) is 0.418. The van der Waals surface area contributed by atoms with Crippen molar-refractivity contribution in [2.24, 2.45) is 17.2 Å². The predicted octanol–water partition coefficient (Wildman–Crippen LogP) is -0.448. The first-order valence-electron chi connectivity index (χ1n) is 6.77. The van der Waals surface area contributed by atoms with Crippen molar-refractivity contribution < 1.29 is 17.7 Å². The molecule has 0 aromatic rings. The molecule has 0 saturated carbocycles. The zero-order valence-corrected chi connectivity index (χ0v) is 13.3. The van der Waals surface area contributed by atoms with E-state index in [9.17, 15) is 0 Å². The molecule has 0 heterocycles. The molecule has 19 heavy (non-hydrogen) atoms. The van der Waals surface area contributed by atoms with Gasteiger partial charge in [0.2, 0.25) is 0 Å². The van der Waals surface area contributed by atoms with Crippen molar-refractivity contribution in [3.8, 4) is 0 Å². The third kappa shape index (κ3) is 7.95. The highest BCUT2D eigenvalue weighted by Gasteiger charge is 2.48. The second kappa shape index (κ2) is 10.7. The van der Waals surface area contributed by atoms with Gasteiger partial charge in [0.1, 0.15) is 0 Å². The molecule has 0 aliphatic heterocycles. The minimum atomic E-state index is -3.25. The van der Waals surface area contributed by atoms with Gasteiger partial charge in [0.25, 0.3) is 0 Å². The predicted molar refractivity (Wildman–Crippen MR) is 76.2 cm³/mol. The minimum absolute atomic E-state index is 0.216. The zero-order valence-electron chi connectivity index (χ0n) is 12.3. The first kappa shape index (κ1) is 18.9. The molecular formula is C11H29N3O4Si. The summed E-state index contributed by atoms with van der Waals surface area (Å²) < 4.78 is 23.0. The van der Waals surface area contributed by atoms with Gasteiger partial charge in [-0.05, 0) is 20.3 Å². The molecule has 2 atom stereocenters. The lowest BCUT2D eigenvalue weighted by Gasteiger charge is -2.32. The van der Waals surface area contributed by atoms with Crippen LogP contribution >= 0.6 is 0 Å². The summed E-state index contributed by atoms with van der Waals surface area (Å²) in [5, 5.41) is 0. The second-order valence-electron chi connectivity index (χ2n) is 4.31. The molecular weight excluding hydrogens is 266 g/mol. The van der Waals surface area contributed by atoms with Gasteiger partial charge in [-0.2, -0.15) is 0 Å². The van der Waals surface area contributed by atoms with E-state index in [2.05, 4.69) is 0 Å². The fourth-order valence-electron chi connectivity index (χ4n) is 1.21. The summed E-state index contributed by atoms with van der Waals surface area (Å²) in [4.78, 5) is 0. The Hall–Kier alpha value is -0.0631. The third-order valence-electron chi connectivity index (χ3n) is 2.23. The summed E-state index contributed by atoms with van der Waals surface area (Å²) in [5.74, 6) is 0. The molecule has 0 amide bonds. The lowest BCUT2D eigenvalue weighted by atomic mass is 10.4. The largest absolute Gasteiger partial charge is 0.680 e. The Morgan fingerprint density at radius 1 is 0.895 bits per heavy atom. The monoisotopic (exact) mass is 295 g/mol. The standard InChI is InChI=1S/C11H29N3O4Si/c1-4-6-15-19(16-7-5-12,17-10(2)8-13)18-11(3)9-14/h10-11H,4-9,12-14H2,1-3H3. The lowest BCUT2D eigenvalue weighted by molar-refractivity contribution is -0.0643. The fourth-order valence-corrected chi connectivity index (χ4v) is 3.62. The molecule has 0 aliphatic rings. The van der Waals surface area contributed by atoms with Crippen LogP contribution in [0, 0.1) is 0 Å². The van der Waals surface area contributed by atoms with E-state index in [1.165, 1.54) is 0 Å². The Labute approximate surface area is 117 Å². The molecule has 0 saturated heterocycles. The van der Waals surface area contributed by atoms with E-state index in [-0.39, 0.29) is 12.2 Å². The summed E-state index contributed by atoms with van der Waals surface area (Å²) in [6.07, 6.45) is 0.402. The van der Waals surface area contributed by atoms with Crippen LogP contribution < -0.4 is 17.2 Å². The van der Waals surface area contributed by atoms with Crippen LogP contribution in [-0.2, 0) is 17.7 Å². The van der Waals surface area contributed by atoms with Gasteiger partial charge in [-0.25, -0.2) is 0 Å². The normalized spacial score (nSPS) is 18.0. The molecule has 116 valence electrons. The smallest absolute Gasteiger partial charge is 0.351 e. The van der Waals surface area contributed by atoms with Crippen LogP contribution in [-0.4, -0.2) is 54.1 Å². The molecule has 0 spiro atoms. The molecule has 2 unspecified atom stereocenters. The highest BCUT2D eigenvalue weighted by molar-refractivity contribution is 6.53. The van der Waals surface area contributed by atoms with Gasteiger partial charge in [0.15, 0.2) is 0 Å². The van der Waals surface area contributed by atoms with Crippen LogP contribution in [0.15, 0.2) is 0 Å². The van der Waals surface area contributed by atoms with Crippen LogP contribution in [0.2, 0.25) is 0 Å². The van der Waals surface area contributed by atoms with Crippen molar-refractivity contribution in [3.05, 3.63) is 0 Å². The minimum Gasteiger partial charge on any atom is -0.351 e. The second-order valence-corrected chi connectivity index (χ2v) is 6.36. The highest BCUT2D eigenvalue weighted by Crippen LogP contribution is 2.17. The Balaban J connectivity index is 4.82. The van der Waals surface area contributed by atoms with E-state index < -0.39 is 9.05 Å². The van der Waals surface area contributed by atoms with Gasteiger partial charge in [-0.15, -0.1) is 0 Å². The van der Waals surface area contributed by atoms with Gasteiger partial charge >= 0.3 is 9.05 Å². The maximum absolute atomic E-state index is 5.80. The number of rotatable bonds is 12. The fraction of sp³-hybridized carbons (Fsp3) is 1.00. The number of hydrogen-bond donors (Lipinski definition) is 3. The summed E-state index contributed by atoms with van der Waals surface area (Å²) in [7, 11) is -3.25. The van der Waals surface area contributed by atoms with Crippen molar-refractivity contribution in [2.45, 2.75) is 39.4 Å². The van der Waals surface area contributed by atoms with E-state index in [1.807, 2.05) is 20.8 Å². The summed E-state index contributed by atoms with van der Waals surface area (Å²) in [6, 6.07) is 0. The molecule has 7 nitrogen and oxygen atoms in total. The van der Waals surface area contributed by atoms with Crippen LogP contribution in [0.3, 0.4) is 0 Å². The van der Waals surface area contributed by atoms with Crippen LogP contribution in [0.25, 0.3) is 0 Å². The molecule has 0 aliphatic carbocycles. The van der Waals surface area contributed by atoms with Gasteiger partial charge in [-0.3, -0.25) is 0 Å². The van der Waals surface area contributed by atoms with Crippen molar-refractivity contribution in [1.82, 2.24) is 0 Å². The summed E-state index contributed by atoms with van der Waals surface area (Å²) >= 11 is 0. The zero-order chi connectivity index (χ0) is 14.7. The maximum Gasteiger partial charge on any atom is 0.680 e. The Bertz CT molecular complexity index is 202. The molecule has 6 N–H and O–H groups in total. The van der Waals surface area contributed by atoms with Gasteiger partial charge < -0.3 is 34.9 Å². The van der Waals surface area contributed by atoms with E-state index in [0.29, 0.717) is 32.8 Å².